The third-order valence-electron chi connectivity index (χ3n) is 4.49. The van der Waals surface area contributed by atoms with Crippen molar-refractivity contribution >= 4 is 21.6 Å². The number of aryl methyl sites for hydroxylation is 1. The minimum absolute atomic E-state index is 0.136. The van der Waals surface area contributed by atoms with E-state index in [-0.39, 0.29) is 16.8 Å². The van der Waals surface area contributed by atoms with Gasteiger partial charge in [-0.15, -0.1) is 0 Å². The van der Waals surface area contributed by atoms with Crippen LogP contribution in [0.1, 0.15) is 34.9 Å². The molecule has 26 heavy (non-hydrogen) atoms. The zero-order chi connectivity index (χ0) is 18.7. The van der Waals surface area contributed by atoms with Crippen LogP contribution < -0.4 is 15.4 Å². The molecule has 0 radical (unpaired) electrons. The Morgan fingerprint density at radius 1 is 1.35 bits per heavy atom. The molecule has 1 unspecified atom stereocenters. The maximum absolute atomic E-state index is 12.5. The summed E-state index contributed by atoms with van der Waals surface area (Å²) in [5, 5.41) is 10.4. The molecule has 1 atom stereocenters. The van der Waals surface area contributed by atoms with E-state index in [1.165, 1.54) is 13.1 Å². The largest absolute Gasteiger partial charge is 0.321 e. The van der Waals surface area contributed by atoms with Crippen LogP contribution in [0.5, 0.6) is 0 Å². The third kappa shape index (κ3) is 3.95. The molecule has 8 nitrogen and oxygen atoms in total. The lowest BCUT2D eigenvalue weighted by molar-refractivity contribution is 0.102. The van der Waals surface area contributed by atoms with Crippen molar-refractivity contribution in [3.63, 3.8) is 0 Å². The van der Waals surface area contributed by atoms with E-state index in [1.807, 2.05) is 4.68 Å². The molecular formula is C17H23N5O3S. The molecule has 0 bridgehead atoms. The number of amides is 1. The molecule has 3 N–H and O–H groups in total. The summed E-state index contributed by atoms with van der Waals surface area (Å²) in [6, 6.07) is 6.69. The molecule has 9 heteroatoms. The summed E-state index contributed by atoms with van der Waals surface area (Å²) < 4.78 is 28.2. The van der Waals surface area contributed by atoms with Crippen LogP contribution in [0.3, 0.4) is 0 Å². The van der Waals surface area contributed by atoms with Crippen molar-refractivity contribution in [1.82, 2.24) is 19.8 Å². The number of rotatable bonds is 5. The SMILES string of the molecule is CNS(=O)(=O)c1cc(NC(=O)c2ccn(C3CCCNC3)n2)ccc1C. The molecule has 3 rings (SSSR count). The van der Waals surface area contributed by atoms with Gasteiger partial charge >= 0.3 is 0 Å². The van der Waals surface area contributed by atoms with Crippen LogP contribution in [-0.2, 0) is 10.0 Å². The first kappa shape index (κ1) is 18.6. The van der Waals surface area contributed by atoms with Crippen molar-refractivity contribution < 1.29 is 13.2 Å². The monoisotopic (exact) mass is 377 g/mol. The number of hydrogen-bond donors (Lipinski definition) is 3. The number of hydrogen-bond acceptors (Lipinski definition) is 5. The number of carbonyl (C=O) groups is 1. The van der Waals surface area contributed by atoms with Crippen LogP contribution >= 0.6 is 0 Å². The van der Waals surface area contributed by atoms with E-state index >= 15 is 0 Å². The highest BCUT2D eigenvalue weighted by atomic mass is 32.2. The van der Waals surface area contributed by atoms with Crippen LogP contribution in [0.15, 0.2) is 35.4 Å². The van der Waals surface area contributed by atoms with Crippen molar-refractivity contribution in [2.75, 3.05) is 25.5 Å². The molecule has 1 saturated heterocycles. The highest BCUT2D eigenvalue weighted by molar-refractivity contribution is 7.89. The van der Waals surface area contributed by atoms with Crippen molar-refractivity contribution in [1.29, 1.82) is 0 Å². The summed E-state index contributed by atoms with van der Waals surface area (Å²) in [6.07, 6.45) is 3.91. The van der Waals surface area contributed by atoms with E-state index in [1.54, 1.807) is 31.3 Å². The van der Waals surface area contributed by atoms with E-state index in [0.717, 1.165) is 25.9 Å². The number of nitrogens with zero attached hydrogens (tertiary/aromatic N) is 2. The van der Waals surface area contributed by atoms with Crippen molar-refractivity contribution in [3.8, 4) is 0 Å². The van der Waals surface area contributed by atoms with Crippen LogP contribution in [0.25, 0.3) is 0 Å². The zero-order valence-electron chi connectivity index (χ0n) is 14.8. The van der Waals surface area contributed by atoms with E-state index in [2.05, 4.69) is 20.5 Å². The second-order valence-electron chi connectivity index (χ2n) is 6.32. The molecule has 140 valence electrons. The van der Waals surface area contributed by atoms with Gasteiger partial charge in [0.2, 0.25) is 10.0 Å². The smallest absolute Gasteiger partial charge is 0.276 e. The second-order valence-corrected chi connectivity index (χ2v) is 8.18. The summed E-state index contributed by atoms with van der Waals surface area (Å²) in [4.78, 5) is 12.6. The summed E-state index contributed by atoms with van der Waals surface area (Å²) in [5.41, 5.74) is 1.31. The van der Waals surface area contributed by atoms with Gasteiger partial charge in [-0.1, -0.05) is 6.07 Å². The molecule has 2 aromatic rings. The van der Waals surface area contributed by atoms with Crippen molar-refractivity contribution in [3.05, 3.63) is 41.7 Å². The standard InChI is InChI=1S/C17H23N5O3S/c1-12-5-6-13(10-16(12)26(24,25)18-2)20-17(23)15-7-9-22(21-15)14-4-3-8-19-11-14/h5-7,9-10,14,18-19H,3-4,8,11H2,1-2H3,(H,20,23). The quantitative estimate of drug-likeness (QED) is 0.728. The summed E-state index contributed by atoms with van der Waals surface area (Å²) in [7, 11) is -2.24. The number of aromatic nitrogens is 2. The first-order valence-electron chi connectivity index (χ1n) is 8.52. The lowest BCUT2D eigenvalue weighted by Crippen LogP contribution is -2.32. The number of piperidine rings is 1. The van der Waals surface area contributed by atoms with Crippen LogP contribution in [0, 0.1) is 6.92 Å². The van der Waals surface area contributed by atoms with Gasteiger partial charge in [0.25, 0.3) is 5.91 Å². The molecule has 1 aromatic heterocycles. The predicted octanol–water partition coefficient (Wildman–Crippen LogP) is 1.28. The molecule has 1 fully saturated rings. The Morgan fingerprint density at radius 2 is 2.15 bits per heavy atom. The number of anilines is 1. The Balaban J connectivity index is 1.76. The Morgan fingerprint density at radius 3 is 2.85 bits per heavy atom. The summed E-state index contributed by atoms with van der Waals surface area (Å²) in [5.74, 6) is -0.371. The van der Waals surface area contributed by atoms with Gasteiger partial charge in [0.1, 0.15) is 0 Å². The molecule has 1 aromatic carbocycles. The van der Waals surface area contributed by atoms with Gasteiger partial charge in [-0.2, -0.15) is 5.10 Å². The van der Waals surface area contributed by atoms with Gasteiger partial charge in [-0.05, 0) is 57.1 Å². The van der Waals surface area contributed by atoms with Gasteiger partial charge in [-0.25, -0.2) is 13.1 Å². The molecule has 0 saturated carbocycles. The third-order valence-corrected chi connectivity index (χ3v) is 6.05. The topological polar surface area (TPSA) is 105 Å². The number of benzene rings is 1. The van der Waals surface area contributed by atoms with Gasteiger partial charge in [0, 0.05) is 18.4 Å². The minimum atomic E-state index is -3.59. The fraction of sp³-hybridized carbons (Fsp3) is 0.412. The molecule has 1 aliphatic heterocycles. The lowest BCUT2D eigenvalue weighted by Gasteiger charge is -2.22. The number of sulfonamides is 1. The van der Waals surface area contributed by atoms with E-state index < -0.39 is 10.0 Å². The molecule has 1 aliphatic rings. The van der Waals surface area contributed by atoms with Gasteiger partial charge in [0.05, 0.1) is 10.9 Å². The fourth-order valence-corrected chi connectivity index (χ4v) is 3.99. The molecule has 0 spiro atoms. The normalized spacial score (nSPS) is 17.8. The predicted molar refractivity (Wildman–Crippen MR) is 98.7 cm³/mol. The highest BCUT2D eigenvalue weighted by Crippen LogP contribution is 2.21. The minimum Gasteiger partial charge on any atom is -0.321 e. The Kier molecular flexibility index (Phi) is 5.40. The summed E-state index contributed by atoms with van der Waals surface area (Å²) >= 11 is 0. The second kappa shape index (κ2) is 7.56. The summed E-state index contributed by atoms with van der Waals surface area (Å²) in [6.45, 7) is 3.55. The first-order chi connectivity index (χ1) is 12.4. The highest BCUT2D eigenvalue weighted by Gasteiger charge is 2.19. The maximum atomic E-state index is 12.5. The van der Waals surface area contributed by atoms with Gasteiger partial charge < -0.3 is 10.6 Å². The number of nitrogens with one attached hydrogen (secondary N) is 3. The van der Waals surface area contributed by atoms with Crippen molar-refractivity contribution in [2.24, 2.45) is 0 Å². The molecule has 0 aliphatic carbocycles. The van der Waals surface area contributed by atoms with Crippen LogP contribution in [0.2, 0.25) is 0 Å². The molecular weight excluding hydrogens is 354 g/mol. The van der Waals surface area contributed by atoms with E-state index in [4.69, 9.17) is 0 Å². The average molecular weight is 377 g/mol. The lowest BCUT2D eigenvalue weighted by atomic mass is 10.1. The number of carbonyl (C=O) groups excluding carboxylic acids is 1. The van der Waals surface area contributed by atoms with Crippen LogP contribution in [0.4, 0.5) is 5.69 Å². The maximum Gasteiger partial charge on any atom is 0.276 e. The van der Waals surface area contributed by atoms with E-state index in [0.29, 0.717) is 16.9 Å². The Hall–Kier alpha value is -2.23. The van der Waals surface area contributed by atoms with Crippen molar-refractivity contribution in [2.45, 2.75) is 30.7 Å². The molecule has 2 heterocycles. The Bertz CT molecular complexity index is 901. The Labute approximate surface area is 153 Å². The first-order valence-corrected chi connectivity index (χ1v) is 10.0. The van der Waals surface area contributed by atoms with Gasteiger partial charge in [0.15, 0.2) is 5.69 Å². The average Bonchev–Trinajstić information content (AvgIpc) is 3.14. The van der Waals surface area contributed by atoms with Gasteiger partial charge in [-0.3, -0.25) is 9.48 Å². The van der Waals surface area contributed by atoms with Crippen LogP contribution in [-0.4, -0.2) is 44.2 Å². The molecule has 1 amide bonds. The van der Waals surface area contributed by atoms with E-state index in [9.17, 15) is 13.2 Å². The zero-order valence-corrected chi connectivity index (χ0v) is 15.6. The fourth-order valence-electron chi connectivity index (χ4n) is 2.99.